The van der Waals surface area contributed by atoms with Gasteiger partial charge in [0, 0.05) is 45.6 Å². The van der Waals surface area contributed by atoms with Crippen LogP contribution in [0.15, 0.2) is 18.2 Å². The average Bonchev–Trinajstić information content (AvgIpc) is 2.59. The van der Waals surface area contributed by atoms with E-state index in [9.17, 15) is 28.5 Å². The minimum absolute atomic E-state index is 0.0162. The highest BCUT2D eigenvalue weighted by Gasteiger charge is 2.41. The van der Waals surface area contributed by atoms with Gasteiger partial charge in [-0.25, -0.2) is 9.37 Å². The molecule has 0 aliphatic carbocycles. The molecule has 0 saturated carbocycles. The molecule has 3 heterocycles. The van der Waals surface area contributed by atoms with Gasteiger partial charge in [-0.3, -0.25) is 4.90 Å². The predicted octanol–water partition coefficient (Wildman–Crippen LogP) is 0.807. The van der Waals surface area contributed by atoms with Crippen LogP contribution >= 0.6 is 0 Å². The quantitative estimate of drug-likeness (QED) is 0.660. The molecule has 0 radical (unpaired) electrons. The molecule has 3 rings (SSSR count). The average molecular weight is 393 g/mol. The first-order chi connectivity index (χ1) is 12.6. The zero-order chi connectivity index (χ0) is 19.8. The molecule has 2 saturated heterocycles. The second kappa shape index (κ2) is 7.50. The first kappa shape index (κ1) is 20.2. The summed E-state index contributed by atoms with van der Waals surface area (Å²) in [5.74, 6) is 0.166. The van der Waals surface area contributed by atoms with Crippen molar-refractivity contribution in [3.05, 3.63) is 23.9 Å². The van der Waals surface area contributed by atoms with Crippen molar-refractivity contribution < 1.29 is 32.9 Å². The third-order valence-electron chi connectivity index (χ3n) is 5.19. The molecule has 27 heavy (non-hydrogen) atoms. The molecular formula is C17H23F4N3O3. The molecule has 0 amide bonds. The van der Waals surface area contributed by atoms with Crippen LogP contribution in [0.2, 0.25) is 0 Å². The van der Waals surface area contributed by atoms with Gasteiger partial charge in [-0.05, 0) is 12.1 Å². The molecule has 0 aromatic carbocycles. The maximum atomic E-state index is 15.2. The summed E-state index contributed by atoms with van der Waals surface area (Å²) >= 11 is 0. The number of alkyl halides is 4. The standard InChI is InChI=1S/C17H23F4N3O3/c18-16(10-23-8-11(25)15(27)12(26)9-23)4-6-24(7-5-16)14-3-1-2-13(22-14)17(19,20)21/h1-3,11-12,15,25-27H,4-10H2. The Morgan fingerprint density at radius 1 is 1.07 bits per heavy atom. The number of aromatic nitrogens is 1. The number of aliphatic hydroxyl groups is 3. The summed E-state index contributed by atoms with van der Waals surface area (Å²) in [4.78, 5) is 6.82. The molecule has 3 N–H and O–H groups in total. The zero-order valence-corrected chi connectivity index (χ0v) is 14.6. The lowest BCUT2D eigenvalue weighted by atomic mass is 9.91. The normalized spacial score (nSPS) is 29.7. The summed E-state index contributed by atoms with van der Waals surface area (Å²) in [5, 5.41) is 29.0. The molecule has 1 aromatic heterocycles. The van der Waals surface area contributed by atoms with Crippen LogP contribution in [0.1, 0.15) is 18.5 Å². The number of likely N-dealkylation sites (tertiary alicyclic amines) is 1. The lowest BCUT2D eigenvalue weighted by molar-refractivity contribution is -0.141. The van der Waals surface area contributed by atoms with Gasteiger partial charge in [0.05, 0.1) is 12.2 Å². The Balaban J connectivity index is 1.60. The Labute approximate surface area is 154 Å². The number of aliphatic hydroxyl groups excluding tert-OH is 3. The highest BCUT2D eigenvalue weighted by atomic mass is 19.4. The third kappa shape index (κ3) is 4.68. The van der Waals surface area contributed by atoms with Gasteiger partial charge in [0.25, 0.3) is 0 Å². The highest BCUT2D eigenvalue weighted by molar-refractivity contribution is 5.40. The van der Waals surface area contributed by atoms with Gasteiger partial charge in [0.2, 0.25) is 0 Å². The number of rotatable bonds is 3. The minimum atomic E-state index is -4.53. The molecule has 2 aliphatic rings. The van der Waals surface area contributed by atoms with Crippen molar-refractivity contribution in [2.45, 2.75) is 43.0 Å². The van der Waals surface area contributed by atoms with Crippen molar-refractivity contribution in [3.8, 4) is 0 Å². The Kier molecular flexibility index (Phi) is 5.62. The number of halogens is 4. The number of piperidine rings is 2. The maximum Gasteiger partial charge on any atom is 0.433 e. The van der Waals surface area contributed by atoms with Crippen molar-refractivity contribution in [1.82, 2.24) is 9.88 Å². The summed E-state index contributed by atoms with van der Waals surface area (Å²) in [5.41, 5.74) is -2.56. The fourth-order valence-electron chi connectivity index (χ4n) is 3.66. The Hall–Kier alpha value is -1.49. The van der Waals surface area contributed by atoms with Gasteiger partial charge in [-0.2, -0.15) is 13.2 Å². The molecule has 6 nitrogen and oxygen atoms in total. The summed E-state index contributed by atoms with van der Waals surface area (Å²) in [6.45, 7) is 0.530. The topological polar surface area (TPSA) is 80.1 Å². The fraction of sp³-hybridized carbons (Fsp3) is 0.706. The van der Waals surface area contributed by atoms with E-state index in [2.05, 4.69) is 4.98 Å². The van der Waals surface area contributed by atoms with Gasteiger partial charge in [0.15, 0.2) is 0 Å². The number of anilines is 1. The maximum absolute atomic E-state index is 15.2. The van der Waals surface area contributed by atoms with Crippen LogP contribution in [0.25, 0.3) is 0 Å². The second-order valence-electron chi connectivity index (χ2n) is 7.34. The first-order valence-corrected chi connectivity index (χ1v) is 8.82. The second-order valence-corrected chi connectivity index (χ2v) is 7.34. The molecule has 0 spiro atoms. The molecule has 152 valence electrons. The van der Waals surface area contributed by atoms with E-state index in [0.29, 0.717) is 0 Å². The van der Waals surface area contributed by atoms with Crippen LogP contribution < -0.4 is 4.90 Å². The van der Waals surface area contributed by atoms with E-state index in [1.165, 1.54) is 12.1 Å². The lowest BCUT2D eigenvalue weighted by Crippen LogP contribution is -2.58. The van der Waals surface area contributed by atoms with Crippen LogP contribution in [0.4, 0.5) is 23.4 Å². The highest BCUT2D eigenvalue weighted by Crippen LogP contribution is 2.33. The van der Waals surface area contributed by atoms with Crippen molar-refractivity contribution in [2.75, 3.05) is 37.6 Å². The SMILES string of the molecule is OC1CN(CC2(F)CCN(c3cccc(C(F)(F)F)n3)CC2)CC(O)C1O. The van der Waals surface area contributed by atoms with Gasteiger partial charge >= 0.3 is 6.18 Å². The Morgan fingerprint density at radius 2 is 1.67 bits per heavy atom. The molecule has 2 fully saturated rings. The molecule has 2 aliphatic heterocycles. The minimum Gasteiger partial charge on any atom is -0.389 e. The van der Waals surface area contributed by atoms with Gasteiger partial charge < -0.3 is 20.2 Å². The van der Waals surface area contributed by atoms with Gasteiger partial charge in [-0.1, -0.05) is 6.07 Å². The lowest BCUT2D eigenvalue weighted by Gasteiger charge is -2.43. The molecular weight excluding hydrogens is 370 g/mol. The van der Waals surface area contributed by atoms with Gasteiger partial charge in [-0.15, -0.1) is 0 Å². The van der Waals surface area contributed by atoms with E-state index < -0.39 is 35.9 Å². The van der Waals surface area contributed by atoms with E-state index in [-0.39, 0.29) is 51.4 Å². The number of nitrogens with zero attached hydrogens (tertiary/aromatic N) is 3. The fourth-order valence-corrected chi connectivity index (χ4v) is 3.66. The van der Waals surface area contributed by atoms with E-state index in [1.807, 2.05) is 0 Å². The number of hydrogen-bond acceptors (Lipinski definition) is 6. The van der Waals surface area contributed by atoms with Crippen LogP contribution in [-0.2, 0) is 6.18 Å². The summed E-state index contributed by atoms with van der Waals surface area (Å²) < 4.78 is 53.6. The van der Waals surface area contributed by atoms with Crippen molar-refractivity contribution >= 4 is 5.82 Å². The van der Waals surface area contributed by atoms with Gasteiger partial charge in [0.1, 0.15) is 23.3 Å². The zero-order valence-electron chi connectivity index (χ0n) is 14.6. The van der Waals surface area contributed by atoms with E-state index in [0.717, 1.165) is 6.07 Å². The number of pyridine rings is 1. The Morgan fingerprint density at radius 3 is 2.22 bits per heavy atom. The number of β-amino-alcohol motifs (C(OH)–C–C–N with tert-alkyl or cyclic N) is 2. The molecule has 2 atom stereocenters. The van der Waals surface area contributed by atoms with Crippen molar-refractivity contribution in [2.24, 2.45) is 0 Å². The molecule has 10 heteroatoms. The summed E-state index contributed by atoms with van der Waals surface area (Å²) in [7, 11) is 0. The third-order valence-corrected chi connectivity index (χ3v) is 5.19. The molecule has 2 unspecified atom stereocenters. The Bertz CT molecular complexity index is 641. The smallest absolute Gasteiger partial charge is 0.389 e. The largest absolute Gasteiger partial charge is 0.433 e. The van der Waals surface area contributed by atoms with Crippen LogP contribution in [-0.4, -0.2) is 81.9 Å². The summed E-state index contributed by atoms with van der Waals surface area (Å²) in [6.07, 6.45) is -7.88. The summed E-state index contributed by atoms with van der Waals surface area (Å²) in [6, 6.07) is 3.65. The van der Waals surface area contributed by atoms with Crippen molar-refractivity contribution in [3.63, 3.8) is 0 Å². The van der Waals surface area contributed by atoms with E-state index >= 15 is 4.39 Å². The van der Waals surface area contributed by atoms with Crippen molar-refractivity contribution in [1.29, 1.82) is 0 Å². The number of hydrogen-bond donors (Lipinski definition) is 3. The predicted molar refractivity (Wildman–Crippen MR) is 89.0 cm³/mol. The first-order valence-electron chi connectivity index (χ1n) is 8.82. The molecule has 0 bridgehead atoms. The van der Waals surface area contributed by atoms with Crippen LogP contribution in [0.3, 0.4) is 0 Å². The van der Waals surface area contributed by atoms with Crippen LogP contribution in [0.5, 0.6) is 0 Å². The van der Waals surface area contributed by atoms with Crippen LogP contribution in [0, 0.1) is 0 Å². The molecule has 1 aromatic rings. The monoisotopic (exact) mass is 393 g/mol. The van der Waals surface area contributed by atoms with E-state index in [1.54, 1.807) is 9.80 Å². The van der Waals surface area contributed by atoms with E-state index in [4.69, 9.17) is 0 Å².